The van der Waals surface area contributed by atoms with Crippen molar-refractivity contribution in [2.75, 3.05) is 29.6 Å². The molecule has 2 aromatic rings. The summed E-state index contributed by atoms with van der Waals surface area (Å²) >= 11 is 1.78. The van der Waals surface area contributed by atoms with Crippen LogP contribution in [-0.2, 0) is 0 Å². The molecule has 0 bridgehead atoms. The number of thioether (sulfide) groups is 1. The van der Waals surface area contributed by atoms with Gasteiger partial charge in [0.05, 0.1) is 11.4 Å². The summed E-state index contributed by atoms with van der Waals surface area (Å²) < 4.78 is 4.67. The van der Waals surface area contributed by atoms with Gasteiger partial charge in [-0.2, -0.15) is 11.8 Å². The molecular weight excluding hydrogens is 212 g/mol. The molecule has 2 rings (SSSR count). The summed E-state index contributed by atoms with van der Waals surface area (Å²) in [4.78, 5) is 0. The summed E-state index contributed by atoms with van der Waals surface area (Å²) in [5.74, 6) is 1.04. The summed E-state index contributed by atoms with van der Waals surface area (Å²) in [5, 5.41) is 10.8. The summed E-state index contributed by atoms with van der Waals surface area (Å²) in [7, 11) is 0. The van der Waals surface area contributed by atoms with Gasteiger partial charge in [0.2, 0.25) is 0 Å². The van der Waals surface area contributed by atoms with Crippen molar-refractivity contribution in [2.24, 2.45) is 0 Å². The summed E-state index contributed by atoms with van der Waals surface area (Å²) in [6.07, 6.45) is 2.07. The van der Waals surface area contributed by atoms with Crippen LogP contribution in [0.4, 0.5) is 11.4 Å². The number of nitrogens with one attached hydrogen (secondary N) is 1. The third kappa shape index (κ3) is 1.99. The molecule has 1 aromatic carbocycles. The molecule has 80 valence electrons. The molecular formula is C9H12N4OS. The topological polar surface area (TPSA) is 77.0 Å². The monoisotopic (exact) mass is 224 g/mol. The van der Waals surface area contributed by atoms with Gasteiger partial charge in [-0.1, -0.05) is 0 Å². The molecule has 0 aliphatic rings. The fourth-order valence-electron chi connectivity index (χ4n) is 1.32. The number of nitrogens with zero attached hydrogens (tertiary/aromatic N) is 2. The highest BCUT2D eigenvalue weighted by molar-refractivity contribution is 7.98. The van der Waals surface area contributed by atoms with Crippen molar-refractivity contribution in [2.45, 2.75) is 0 Å². The van der Waals surface area contributed by atoms with Gasteiger partial charge in [0.15, 0.2) is 11.0 Å². The third-order valence-electron chi connectivity index (χ3n) is 2.07. The van der Waals surface area contributed by atoms with Crippen molar-refractivity contribution in [1.29, 1.82) is 0 Å². The van der Waals surface area contributed by atoms with Gasteiger partial charge < -0.3 is 11.1 Å². The van der Waals surface area contributed by atoms with Gasteiger partial charge in [-0.15, -0.1) is 0 Å². The molecule has 0 amide bonds. The minimum absolute atomic E-state index is 0.585. The van der Waals surface area contributed by atoms with Crippen molar-refractivity contribution in [3.63, 3.8) is 0 Å². The maximum absolute atomic E-state index is 5.73. The Bertz CT molecular complexity index is 456. The van der Waals surface area contributed by atoms with Crippen molar-refractivity contribution in [3.8, 4) is 0 Å². The molecule has 15 heavy (non-hydrogen) atoms. The SMILES string of the molecule is CSCCNc1ccc(N)c2nonc12. The van der Waals surface area contributed by atoms with Gasteiger partial charge in [-0.05, 0) is 28.7 Å². The van der Waals surface area contributed by atoms with Crippen LogP contribution in [0.3, 0.4) is 0 Å². The highest BCUT2D eigenvalue weighted by atomic mass is 32.2. The third-order valence-corrected chi connectivity index (χ3v) is 2.68. The normalized spacial score (nSPS) is 10.7. The Morgan fingerprint density at radius 3 is 3.00 bits per heavy atom. The van der Waals surface area contributed by atoms with E-state index in [9.17, 15) is 0 Å². The Balaban J connectivity index is 2.27. The maximum Gasteiger partial charge on any atom is 0.160 e. The highest BCUT2D eigenvalue weighted by Gasteiger charge is 2.08. The number of benzene rings is 1. The number of aromatic nitrogens is 2. The summed E-state index contributed by atoms with van der Waals surface area (Å²) in [5.41, 5.74) is 8.53. The van der Waals surface area contributed by atoms with E-state index >= 15 is 0 Å². The quantitative estimate of drug-likeness (QED) is 0.606. The first-order valence-corrected chi connectivity index (χ1v) is 5.96. The van der Waals surface area contributed by atoms with Crippen LogP contribution in [0.1, 0.15) is 0 Å². The van der Waals surface area contributed by atoms with Crippen molar-refractivity contribution in [1.82, 2.24) is 10.3 Å². The Labute approximate surface area is 91.4 Å². The number of hydrogen-bond donors (Lipinski definition) is 2. The van der Waals surface area contributed by atoms with E-state index in [1.165, 1.54) is 0 Å². The van der Waals surface area contributed by atoms with Crippen molar-refractivity contribution < 1.29 is 4.63 Å². The Hall–Kier alpha value is -1.43. The Kier molecular flexibility index (Phi) is 2.96. The molecule has 0 radical (unpaired) electrons. The lowest BCUT2D eigenvalue weighted by Gasteiger charge is -2.05. The highest BCUT2D eigenvalue weighted by Crippen LogP contribution is 2.24. The smallest absolute Gasteiger partial charge is 0.160 e. The first kappa shape index (κ1) is 10.1. The van der Waals surface area contributed by atoms with Crippen LogP contribution >= 0.6 is 11.8 Å². The second-order valence-electron chi connectivity index (χ2n) is 3.08. The van der Waals surface area contributed by atoms with Crippen LogP contribution in [-0.4, -0.2) is 28.9 Å². The standard InChI is InChI=1S/C9H12N4OS/c1-15-5-4-11-7-3-2-6(10)8-9(7)13-14-12-8/h2-3,11H,4-5,10H2,1H3. The van der Waals surface area contributed by atoms with Gasteiger partial charge >= 0.3 is 0 Å². The molecule has 0 fully saturated rings. The van der Waals surface area contributed by atoms with E-state index in [0.29, 0.717) is 16.7 Å². The van der Waals surface area contributed by atoms with Gasteiger partial charge in [0.25, 0.3) is 0 Å². The molecule has 6 heteroatoms. The predicted octanol–water partition coefficient (Wildman–Crippen LogP) is 1.58. The second kappa shape index (κ2) is 4.39. The summed E-state index contributed by atoms with van der Waals surface area (Å²) in [6, 6.07) is 3.69. The van der Waals surface area contributed by atoms with Crippen LogP contribution in [0.25, 0.3) is 11.0 Å². The average Bonchev–Trinajstić information content (AvgIpc) is 2.71. The van der Waals surface area contributed by atoms with Crippen molar-refractivity contribution >= 4 is 34.2 Å². The first-order valence-electron chi connectivity index (χ1n) is 4.56. The van der Waals surface area contributed by atoms with Gasteiger partial charge in [-0.3, -0.25) is 0 Å². The molecule has 5 nitrogen and oxygen atoms in total. The van der Waals surface area contributed by atoms with E-state index in [2.05, 4.69) is 26.5 Å². The zero-order valence-electron chi connectivity index (χ0n) is 8.36. The fourth-order valence-corrected chi connectivity index (χ4v) is 1.62. The number of nitrogen functional groups attached to an aromatic ring is 1. The zero-order valence-corrected chi connectivity index (χ0v) is 9.17. The van der Waals surface area contributed by atoms with Crippen LogP contribution in [0.5, 0.6) is 0 Å². The van der Waals surface area contributed by atoms with E-state index in [4.69, 9.17) is 5.73 Å². The molecule has 0 spiro atoms. The van der Waals surface area contributed by atoms with E-state index in [0.717, 1.165) is 18.0 Å². The molecule has 0 aliphatic heterocycles. The zero-order chi connectivity index (χ0) is 10.7. The average molecular weight is 224 g/mol. The molecule has 0 saturated heterocycles. The molecule has 3 N–H and O–H groups in total. The Morgan fingerprint density at radius 2 is 2.20 bits per heavy atom. The van der Waals surface area contributed by atoms with Crippen LogP contribution in [0, 0.1) is 0 Å². The maximum atomic E-state index is 5.73. The number of nitrogens with two attached hydrogens (primary N) is 1. The largest absolute Gasteiger partial charge is 0.397 e. The molecule has 1 heterocycles. The van der Waals surface area contributed by atoms with E-state index in [-0.39, 0.29) is 0 Å². The van der Waals surface area contributed by atoms with E-state index < -0.39 is 0 Å². The summed E-state index contributed by atoms with van der Waals surface area (Å²) in [6.45, 7) is 0.882. The molecule has 0 unspecified atom stereocenters. The van der Waals surface area contributed by atoms with Gasteiger partial charge in [-0.25, -0.2) is 4.63 Å². The van der Waals surface area contributed by atoms with Gasteiger partial charge in [0.1, 0.15) is 0 Å². The van der Waals surface area contributed by atoms with E-state index in [1.54, 1.807) is 17.8 Å². The van der Waals surface area contributed by atoms with Crippen LogP contribution in [0.15, 0.2) is 16.8 Å². The number of fused-ring (bicyclic) bond motifs is 1. The lowest BCUT2D eigenvalue weighted by molar-refractivity contribution is 0.316. The lowest BCUT2D eigenvalue weighted by Crippen LogP contribution is -2.04. The van der Waals surface area contributed by atoms with E-state index in [1.807, 2.05) is 6.07 Å². The minimum Gasteiger partial charge on any atom is -0.397 e. The lowest BCUT2D eigenvalue weighted by atomic mass is 10.2. The molecule has 0 saturated carbocycles. The predicted molar refractivity (Wildman–Crippen MR) is 63.1 cm³/mol. The second-order valence-corrected chi connectivity index (χ2v) is 4.07. The first-order chi connectivity index (χ1) is 7.33. The molecule has 0 aliphatic carbocycles. The number of anilines is 2. The van der Waals surface area contributed by atoms with Crippen LogP contribution in [0.2, 0.25) is 0 Å². The van der Waals surface area contributed by atoms with Crippen molar-refractivity contribution in [3.05, 3.63) is 12.1 Å². The fraction of sp³-hybridized carbons (Fsp3) is 0.333. The minimum atomic E-state index is 0.585. The molecule has 0 atom stereocenters. The number of hydrogen-bond acceptors (Lipinski definition) is 6. The van der Waals surface area contributed by atoms with Gasteiger partial charge in [0, 0.05) is 12.3 Å². The Morgan fingerprint density at radius 1 is 1.40 bits per heavy atom. The van der Waals surface area contributed by atoms with Crippen LogP contribution < -0.4 is 11.1 Å². The number of rotatable bonds is 4. The molecule has 1 aromatic heterocycles.